The molecule has 180 valence electrons. The molecule has 0 spiro atoms. The smallest absolute Gasteiger partial charge is 0.319 e. The average molecular weight is 490 g/mol. The van der Waals surface area contributed by atoms with Crippen LogP contribution in [0.15, 0.2) is 47.4 Å². The van der Waals surface area contributed by atoms with Gasteiger partial charge in [-0.05, 0) is 45.0 Å². The van der Waals surface area contributed by atoms with Gasteiger partial charge in [-0.1, -0.05) is 12.1 Å². The molecule has 7 nitrogen and oxygen atoms in total. The summed E-state index contributed by atoms with van der Waals surface area (Å²) >= 11 is 1.22. The first-order valence-corrected chi connectivity index (χ1v) is 11.2. The van der Waals surface area contributed by atoms with E-state index in [9.17, 15) is 23.5 Å². The first kappa shape index (κ1) is 25.4. The van der Waals surface area contributed by atoms with Crippen LogP contribution in [-0.4, -0.2) is 45.0 Å². The number of amides is 1. The average Bonchev–Trinajstić information content (AvgIpc) is 3.10. The van der Waals surface area contributed by atoms with Crippen LogP contribution < -0.4 is 5.32 Å². The quantitative estimate of drug-likeness (QED) is 0.412. The van der Waals surface area contributed by atoms with Gasteiger partial charge in [-0.15, -0.1) is 11.8 Å². The number of hydrogen-bond acceptors (Lipinski definition) is 5. The van der Waals surface area contributed by atoms with E-state index in [1.54, 1.807) is 52.1 Å². The molecule has 3 rings (SSSR count). The van der Waals surface area contributed by atoms with Crippen LogP contribution >= 0.6 is 11.8 Å². The Morgan fingerprint density at radius 1 is 1.18 bits per heavy atom. The molecule has 1 amide bonds. The number of nitrogens with one attached hydrogen (secondary N) is 1. The van der Waals surface area contributed by atoms with Gasteiger partial charge >= 0.3 is 5.97 Å². The van der Waals surface area contributed by atoms with E-state index in [2.05, 4.69) is 10.3 Å². The number of imidazole rings is 1. The SMILES string of the molecule is COCCn1c(-c2ccc(SC(C)(C)C(=O)O)cc2)nc(C(=O)Nc2ccc(F)cc2F)c1C. The normalized spacial score (nSPS) is 11.5. The number of anilines is 1. The number of carboxylic acids is 1. The Balaban J connectivity index is 1.93. The van der Waals surface area contributed by atoms with Crippen LogP contribution in [0.2, 0.25) is 0 Å². The lowest BCUT2D eigenvalue weighted by molar-refractivity contribution is -0.138. The van der Waals surface area contributed by atoms with Gasteiger partial charge in [-0.3, -0.25) is 9.59 Å². The van der Waals surface area contributed by atoms with E-state index in [4.69, 9.17) is 4.74 Å². The lowest BCUT2D eigenvalue weighted by Crippen LogP contribution is -2.26. The molecular weight excluding hydrogens is 464 g/mol. The number of rotatable bonds is 9. The van der Waals surface area contributed by atoms with Crippen LogP contribution in [-0.2, 0) is 16.1 Å². The minimum Gasteiger partial charge on any atom is -0.480 e. The summed E-state index contributed by atoms with van der Waals surface area (Å²) in [7, 11) is 1.56. The molecule has 10 heteroatoms. The molecule has 3 aromatic rings. The van der Waals surface area contributed by atoms with Gasteiger partial charge in [0.25, 0.3) is 5.91 Å². The number of benzene rings is 2. The molecule has 1 heterocycles. The second kappa shape index (κ2) is 10.4. The Morgan fingerprint density at radius 2 is 1.85 bits per heavy atom. The van der Waals surface area contributed by atoms with Crippen LogP contribution in [0.1, 0.15) is 30.0 Å². The van der Waals surface area contributed by atoms with Crippen molar-refractivity contribution >= 4 is 29.3 Å². The van der Waals surface area contributed by atoms with Gasteiger partial charge in [0.1, 0.15) is 27.9 Å². The zero-order valence-corrected chi connectivity index (χ0v) is 20.0. The van der Waals surface area contributed by atoms with E-state index < -0.39 is 28.3 Å². The molecular formula is C24H25F2N3O4S. The lowest BCUT2D eigenvalue weighted by Gasteiger charge is -2.18. The number of halogens is 2. The maximum Gasteiger partial charge on any atom is 0.319 e. The molecule has 2 N–H and O–H groups in total. The van der Waals surface area contributed by atoms with E-state index in [0.29, 0.717) is 36.3 Å². The second-order valence-electron chi connectivity index (χ2n) is 8.03. The molecule has 2 aromatic carbocycles. The Morgan fingerprint density at radius 3 is 2.44 bits per heavy atom. The molecule has 0 atom stereocenters. The minimum atomic E-state index is -0.990. The standard InChI is InChI=1S/C24H25F2N3O4S/c1-14-20(22(30)27-19-10-7-16(25)13-18(19)26)28-21(29(14)11-12-33-4)15-5-8-17(9-6-15)34-24(2,3)23(31)32/h5-10,13H,11-12H2,1-4H3,(H,27,30)(H,31,32). The number of methoxy groups -OCH3 is 1. The molecule has 0 unspecified atom stereocenters. The molecule has 0 saturated heterocycles. The number of aromatic nitrogens is 2. The zero-order chi connectivity index (χ0) is 25.0. The van der Waals surface area contributed by atoms with E-state index in [0.717, 1.165) is 17.0 Å². The largest absolute Gasteiger partial charge is 0.480 e. The number of thioether (sulfide) groups is 1. The summed E-state index contributed by atoms with van der Waals surface area (Å²) in [6.45, 7) is 5.78. The minimum absolute atomic E-state index is 0.0975. The Labute approximate surface area is 200 Å². The summed E-state index contributed by atoms with van der Waals surface area (Å²) in [5, 5.41) is 11.8. The highest BCUT2D eigenvalue weighted by atomic mass is 32.2. The number of carbonyl (C=O) groups is 2. The van der Waals surface area contributed by atoms with E-state index in [1.165, 1.54) is 11.8 Å². The molecule has 0 fully saturated rings. The van der Waals surface area contributed by atoms with Crippen molar-refractivity contribution in [3.63, 3.8) is 0 Å². The fourth-order valence-electron chi connectivity index (χ4n) is 3.21. The molecule has 0 aliphatic rings. The van der Waals surface area contributed by atoms with Crippen molar-refractivity contribution in [2.75, 3.05) is 19.0 Å². The third-order valence-corrected chi connectivity index (χ3v) is 6.33. The third kappa shape index (κ3) is 5.63. The topological polar surface area (TPSA) is 93.4 Å². The van der Waals surface area contributed by atoms with Gasteiger partial charge in [0.05, 0.1) is 12.3 Å². The van der Waals surface area contributed by atoms with E-state index >= 15 is 0 Å². The van der Waals surface area contributed by atoms with Crippen molar-refractivity contribution < 1.29 is 28.2 Å². The summed E-state index contributed by atoms with van der Waals surface area (Å²) in [6.07, 6.45) is 0. The first-order chi connectivity index (χ1) is 16.0. The van der Waals surface area contributed by atoms with Crippen LogP contribution in [0, 0.1) is 18.6 Å². The predicted molar refractivity (Wildman–Crippen MR) is 126 cm³/mol. The van der Waals surface area contributed by atoms with Crippen LogP contribution in [0.5, 0.6) is 0 Å². The monoisotopic (exact) mass is 489 g/mol. The van der Waals surface area contributed by atoms with Crippen LogP contribution in [0.25, 0.3) is 11.4 Å². The first-order valence-electron chi connectivity index (χ1n) is 10.4. The van der Waals surface area contributed by atoms with Gasteiger partial charge in [0.2, 0.25) is 0 Å². The Bertz CT molecular complexity index is 1210. The summed E-state index contributed by atoms with van der Waals surface area (Å²) in [5.74, 6) is -2.67. The van der Waals surface area contributed by atoms with Gasteiger partial charge in [-0.25, -0.2) is 13.8 Å². The number of ether oxygens (including phenoxy) is 1. The summed E-state index contributed by atoms with van der Waals surface area (Å²) in [6, 6.07) is 10.1. The fourth-order valence-corrected chi connectivity index (χ4v) is 4.16. The molecule has 0 aliphatic carbocycles. The second-order valence-corrected chi connectivity index (χ2v) is 9.73. The van der Waals surface area contributed by atoms with Crippen molar-refractivity contribution in [1.82, 2.24) is 9.55 Å². The lowest BCUT2D eigenvalue weighted by atomic mass is 10.2. The zero-order valence-electron chi connectivity index (χ0n) is 19.2. The van der Waals surface area contributed by atoms with Crippen LogP contribution in [0.4, 0.5) is 14.5 Å². The van der Waals surface area contributed by atoms with Gasteiger partial charge in [0, 0.05) is 35.9 Å². The summed E-state index contributed by atoms with van der Waals surface area (Å²) in [4.78, 5) is 29.6. The summed E-state index contributed by atoms with van der Waals surface area (Å²) in [5.41, 5.74) is 1.21. The molecule has 1 aromatic heterocycles. The van der Waals surface area contributed by atoms with Crippen molar-refractivity contribution in [2.24, 2.45) is 0 Å². The van der Waals surface area contributed by atoms with Crippen molar-refractivity contribution in [3.05, 3.63) is 65.5 Å². The number of hydrogen-bond donors (Lipinski definition) is 2. The van der Waals surface area contributed by atoms with Crippen molar-refractivity contribution in [2.45, 2.75) is 37.0 Å². The molecule has 0 aliphatic heterocycles. The number of aliphatic carboxylic acids is 1. The highest BCUT2D eigenvalue weighted by Gasteiger charge is 2.28. The predicted octanol–water partition coefficient (Wildman–Crippen LogP) is 4.99. The number of nitrogens with zero attached hydrogens (tertiary/aromatic N) is 2. The Hall–Kier alpha value is -3.24. The van der Waals surface area contributed by atoms with Crippen LogP contribution in [0.3, 0.4) is 0 Å². The fraction of sp³-hybridized carbons (Fsp3) is 0.292. The maximum absolute atomic E-state index is 14.0. The molecule has 0 saturated carbocycles. The molecule has 0 radical (unpaired) electrons. The Kier molecular flexibility index (Phi) is 7.73. The van der Waals surface area contributed by atoms with Gasteiger partial charge in [0.15, 0.2) is 0 Å². The van der Waals surface area contributed by atoms with Crippen molar-refractivity contribution in [1.29, 1.82) is 0 Å². The van der Waals surface area contributed by atoms with E-state index in [1.807, 2.05) is 4.57 Å². The highest BCUT2D eigenvalue weighted by Crippen LogP contribution is 2.34. The third-order valence-electron chi connectivity index (χ3n) is 5.13. The highest BCUT2D eigenvalue weighted by molar-refractivity contribution is 8.01. The van der Waals surface area contributed by atoms with Gasteiger partial charge < -0.3 is 19.7 Å². The van der Waals surface area contributed by atoms with E-state index in [-0.39, 0.29) is 11.4 Å². The molecule has 34 heavy (non-hydrogen) atoms. The molecule has 0 bridgehead atoms. The van der Waals surface area contributed by atoms with Crippen molar-refractivity contribution in [3.8, 4) is 11.4 Å². The number of carboxylic acid groups (broad SMARTS) is 1. The summed E-state index contributed by atoms with van der Waals surface area (Å²) < 4.78 is 33.2. The van der Waals surface area contributed by atoms with Gasteiger partial charge in [-0.2, -0.15) is 0 Å². The maximum atomic E-state index is 14.0. The number of carbonyl (C=O) groups excluding carboxylic acids is 1.